The van der Waals surface area contributed by atoms with Crippen molar-refractivity contribution in [1.29, 1.82) is 0 Å². The van der Waals surface area contributed by atoms with Crippen LogP contribution >= 0.6 is 11.3 Å². The number of nitrogens with two attached hydrogens (primary N) is 1. The predicted molar refractivity (Wildman–Crippen MR) is 226 cm³/mol. The summed E-state index contributed by atoms with van der Waals surface area (Å²) >= 11 is 1.82. The van der Waals surface area contributed by atoms with Gasteiger partial charge < -0.3 is 25.4 Å². The van der Waals surface area contributed by atoms with E-state index in [-0.39, 0.29) is 24.7 Å². The van der Waals surface area contributed by atoms with Crippen LogP contribution in [-0.2, 0) is 9.59 Å². The number of anilines is 2. The van der Waals surface area contributed by atoms with Crippen molar-refractivity contribution in [1.82, 2.24) is 30.0 Å². The number of hydrogen-bond donors (Lipinski definition) is 3. The smallest absolute Gasteiger partial charge is 0.259 e. The summed E-state index contributed by atoms with van der Waals surface area (Å²) in [4.78, 5) is 58.3. The molecule has 2 unspecified atom stereocenters. The summed E-state index contributed by atoms with van der Waals surface area (Å²) in [5.41, 5.74) is 10.4. The van der Waals surface area contributed by atoms with Gasteiger partial charge in [0.2, 0.25) is 11.8 Å². The highest BCUT2D eigenvalue weighted by Gasteiger charge is 2.46. The average Bonchev–Trinajstić information content (AvgIpc) is 3.76. The number of aliphatic hydroxyl groups excluding tert-OH is 1. The molecule has 6 heterocycles. The second-order valence-electron chi connectivity index (χ2n) is 16.6. The molecule has 3 amide bonds. The number of rotatable bonds is 9. The SMILES string of the molecule is Nc1ncnc2c(C3CCC(N4CCN(CC5CN(c6cccc7c6C(=O)N(C6CCC(=O)NC6=O)C7O)C5)CC4)CC3)sc(-c3ccc(Oc4ccccc4)cc3)c12. The van der Waals surface area contributed by atoms with Crippen molar-refractivity contribution in [3.63, 3.8) is 0 Å². The van der Waals surface area contributed by atoms with Crippen LogP contribution in [0.4, 0.5) is 11.5 Å². The third kappa shape index (κ3) is 7.11. The molecular formula is C45H48N8O5S. The van der Waals surface area contributed by atoms with Gasteiger partial charge in [0.25, 0.3) is 5.91 Å². The first-order valence-corrected chi connectivity index (χ1v) is 21.7. The Morgan fingerprint density at radius 3 is 2.34 bits per heavy atom. The molecule has 1 saturated carbocycles. The quantitative estimate of drug-likeness (QED) is 0.156. The first-order valence-electron chi connectivity index (χ1n) is 20.8. The van der Waals surface area contributed by atoms with E-state index in [9.17, 15) is 19.5 Å². The van der Waals surface area contributed by atoms with Crippen LogP contribution in [0.5, 0.6) is 11.5 Å². The minimum Gasteiger partial charge on any atom is -0.457 e. The predicted octanol–water partition coefficient (Wildman–Crippen LogP) is 5.76. The van der Waals surface area contributed by atoms with Crippen molar-refractivity contribution in [3.05, 3.63) is 95.1 Å². The van der Waals surface area contributed by atoms with Crippen LogP contribution in [0.15, 0.2) is 79.1 Å². The molecule has 14 heteroatoms. The van der Waals surface area contributed by atoms with E-state index in [1.807, 2.05) is 65.9 Å². The summed E-state index contributed by atoms with van der Waals surface area (Å²) in [5, 5.41) is 14.4. The average molecular weight is 813 g/mol. The summed E-state index contributed by atoms with van der Waals surface area (Å²) < 4.78 is 6.04. The molecule has 304 valence electrons. The molecule has 4 N–H and O–H groups in total. The number of nitrogens with one attached hydrogen (secondary N) is 1. The van der Waals surface area contributed by atoms with E-state index < -0.39 is 18.2 Å². The van der Waals surface area contributed by atoms with Crippen molar-refractivity contribution in [3.8, 4) is 21.9 Å². The fourth-order valence-corrected chi connectivity index (χ4v) is 11.4. The molecule has 5 aromatic rings. The Balaban J connectivity index is 0.723. The second kappa shape index (κ2) is 15.6. The maximum Gasteiger partial charge on any atom is 0.259 e. The fraction of sp³-hybridized carbons (Fsp3) is 0.400. The van der Waals surface area contributed by atoms with Gasteiger partial charge in [0, 0.05) is 85.2 Å². The topological polar surface area (TPSA) is 157 Å². The van der Waals surface area contributed by atoms with E-state index in [1.54, 1.807) is 12.4 Å². The third-order valence-electron chi connectivity index (χ3n) is 13.1. The summed E-state index contributed by atoms with van der Waals surface area (Å²) in [7, 11) is 0. The Bertz CT molecular complexity index is 2390. The van der Waals surface area contributed by atoms with Crippen LogP contribution in [0, 0.1) is 5.92 Å². The van der Waals surface area contributed by atoms with Crippen LogP contribution in [0.3, 0.4) is 0 Å². The number of ether oxygens (including phenoxy) is 1. The maximum absolute atomic E-state index is 13.7. The number of fused-ring (bicyclic) bond motifs is 2. The largest absolute Gasteiger partial charge is 0.457 e. The lowest BCUT2D eigenvalue weighted by Crippen LogP contribution is -2.56. The van der Waals surface area contributed by atoms with Gasteiger partial charge in [-0.2, -0.15) is 0 Å². The number of thiophene rings is 1. The standard InChI is InChI=1S/C45H48N8O5S/c46-42-38-39(47-26-48-42)41(59-40(38)28-11-15-32(16-12-28)58-31-5-2-1-3-6-31)29-9-13-30(14-10-29)51-21-19-50(20-22-51)23-27-24-52(25-27)34-8-4-7-33-37(34)45(57)53(44(33)56)35-17-18-36(54)49-43(35)55/h1-8,11-12,15-16,26-27,29-30,35,44,56H,9-10,13-14,17-25H2,(H2,46,47,48)(H,49,54,55). The van der Waals surface area contributed by atoms with Crippen LogP contribution in [-0.4, -0.2) is 105 Å². The number of benzene rings is 3. The molecule has 5 aliphatic rings. The Hall–Kier alpha value is -5.41. The van der Waals surface area contributed by atoms with Gasteiger partial charge in [-0.05, 0) is 86.1 Å². The molecule has 1 aliphatic carbocycles. The fourth-order valence-electron chi connectivity index (χ4n) is 9.98. The Labute approximate surface area is 346 Å². The van der Waals surface area contributed by atoms with Crippen molar-refractivity contribution in [2.45, 2.75) is 62.8 Å². The van der Waals surface area contributed by atoms with E-state index in [1.165, 1.54) is 22.6 Å². The van der Waals surface area contributed by atoms with Gasteiger partial charge in [0.05, 0.1) is 16.5 Å². The molecule has 4 fully saturated rings. The number of nitrogens with zero attached hydrogens (tertiary/aromatic N) is 6. The van der Waals surface area contributed by atoms with Crippen LogP contribution in [0.1, 0.15) is 71.5 Å². The number of aliphatic hydroxyl groups is 1. The van der Waals surface area contributed by atoms with Crippen molar-refractivity contribution in [2.75, 3.05) is 56.4 Å². The number of piperazine rings is 1. The molecule has 3 saturated heterocycles. The summed E-state index contributed by atoms with van der Waals surface area (Å²) in [6, 6.07) is 23.3. The molecule has 2 atom stereocenters. The number of imide groups is 1. The van der Waals surface area contributed by atoms with Gasteiger partial charge in [-0.25, -0.2) is 9.97 Å². The highest BCUT2D eigenvalue weighted by atomic mass is 32.1. The van der Waals surface area contributed by atoms with Gasteiger partial charge in [-0.15, -0.1) is 11.3 Å². The van der Waals surface area contributed by atoms with Crippen LogP contribution in [0.25, 0.3) is 21.3 Å². The number of piperidine rings is 1. The monoisotopic (exact) mass is 812 g/mol. The lowest BCUT2D eigenvalue weighted by atomic mass is 9.83. The zero-order valence-corrected chi connectivity index (χ0v) is 33.7. The number of carbonyl (C=O) groups excluding carboxylic acids is 3. The van der Waals surface area contributed by atoms with Gasteiger partial charge >= 0.3 is 0 Å². The lowest BCUT2D eigenvalue weighted by molar-refractivity contribution is -0.139. The molecule has 0 radical (unpaired) electrons. The van der Waals surface area contributed by atoms with E-state index in [2.05, 4.69) is 37.1 Å². The van der Waals surface area contributed by atoms with Crippen LogP contribution < -0.4 is 20.7 Å². The number of para-hydroxylation sites is 1. The molecule has 3 aromatic carbocycles. The zero-order valence-electron chi connectivity index (χ0n) is 32.8. The molecule has 4 aliphatic heterocycles. The number of amides is 3. The Morgan fingerprint density at radius 2 is 1.59 bits per heavy atom. The molecule has 10 rings (SSSR count). The number of aromatic nitrogens is 2. The summed E-state index contributed by atoms with van der Waals surface area (Å²) in [5.74, 6) is 1.81. The van der Waals surface area contributed by atoms with E-state index in [0.29, 0.717) is 34.8 Å². The maximum atomic E-state index is 13.7. The van der Waals surface area contributed by atoms with Gasteiger partial charge in [0.15, 0.2) is 6.23 Å². The van der Waals surface area contributed by atoms with Crippen molar-refractivity contribution in [2.24, 2.45) is 5.92 Å². The Kier molecular flexibility index (Phi) is 10.0. The highest BCUT2D eigenvalue weighted by Crippen LogP contribution is 2.48. The molecule has 0 bridgehead atoms. The summed E-state index contributed by atoms with van der Waals surface area (Å²) in [6.07, 6.45) is 5.32. The van der Waals surface area contributed by atoms with Crippen molar-refractivity contribution < 1.29 is 24.2 Å². The van der Waals surface area contributed by atoms with Gasteiger partial charge in [0.1, 0.15) is 29.7 Å². The number of carbonyl (C=O) groups is 3. The van der Waals surface area contributed by atoms with E-state index in [4.69, 9.17) is 15.5 Å². The third-order valence-corrected chi connectivity index (χ3v) is 14.5. The minimum absolute atomic E-state index is 0.143. The number of hydrogen-bond acceptors (Lipinski definition) is 12. The molecule has 0 spiro atoms. The molecular weight excluding hydrogens is 765 g/mol. The normalized spacial score (nSPS) is 24.3. The highest BCUT2D eigenvalue weighted by molar-refractivity contribution is 7.17. The van der Waals surface area contributed by atoms with E-state index in [0.717, 1.165) is 97.2 Å². The van der Waals surface area contributed by atoms with Gasteiger partial charge in [-0.3, -0.25) is 29.5 Å². The minimum atomic E-state index is -1.21. The van der Waals surface area contributed by atoms with Crippen molar-refractivity contribution >= 4 is 51.5 Å². The first-order chi connectivity index (χ1) is 28.8. The molecule has 2 aromatic heterocycles. The Morgan fingerprint density at radius 1 is 0.847 bits per heavy atom. The molecule has 59 heavy (non-hydrogen) atoms. The van der Waals surface area contributed by atoms with Gasteiger partial charge in [-0.1, -0.05) is 30.3 Å². The van der Waals surface area contributed by atoms with Crippen LogP contribution in [0.2, 0.25) is 0 Å². The number of nitrogen functional groups attached to an aromatic ring is 1. The zero-order chi connectivity index (χ0) is 40.2. The molecule has 13 nitrogen and oxygen atoms in total. The van der Waals surface area contributed by atoms with E-state index >= 15 is 0 Å². The second-order valence-corrected chi connectivity index (χ2v) is 17.7. The lowest BCUT2D eigenvalue weighted by Gasteiger charge is -2.46. The summed E-state index contributed by atoms with van der Waals surface area (Å²) in [6.45, 7) is 6.94. The first kappa shape index (κ1) is 37.8.